The molecule has 0 amide bonds. The fourth-order valence-corrected chi connectivity index (χ4v) is 3.25. The molecule has 0 aliphatic carbocycles. The highest BCUT2D eigenvalue weighted by molar-refractivity contribution is 7.09. The number of anilines is 1. The minimum Gasteiger partial charge on any atom is -0.384 e. The van der Waals surface area contributed by atoms with Gasteiger partial charge in [-0.2, -0.15) is 4.98 Å². The smallest absolute Gasteiger partial charge is 0.237 e. The number of hydrogen-bond donors (Lipinski definition) is 2. The zero-order chi connectivity index (χ0) is 16.7. The minimum absolute atomic E-state index is 0.382. The Morgan fingerprint density at radius 2 is 2.04 bits per heavy atom. The van der Waals surface area contributed by atoms with Crippen LogP contribution in [0.3, 0.4) is 0 Å². The normalized spacial score (nSPS) is 13.9. The molecule has 8 heteroatoms. The van der Waals surface area contributed by atoms with Gasteiger partial charge in [-0.25, -0.2) is 15.0 Å². The van der Waals surface area contributed by atoms with E-state index >= 15 is 0 Å². The molecule has 4 rings (SSSR count). The van der Waals surface area contributed by atoms with Crippen LogP contribution in [0.25, 0.3) is 17.0 Å². The second kappa shape index (κ2) is 5.36. The van der Waals surface area contributed by atoms with Crippen LogP contribution in [0.2, 0.25) is 0 Å². The van der Waals surface area contributed by atoms with E-state index in [4.69, 9.17) is 5.73 Å². The van der Waals surface area contributed by atoms with Crippen LogP contribution in [0.1, 0.15) is 17.5 Å². The molecule has 120 valence electrons. The number of thiazole rings is 1. The molecule has 0 spiro atoms. The van der Waals surface area contributed by atoms with Crippen LogP contribution >= 0.6 is 11.3 Å². The molecule has 1 aromatic carbocycles. The number of rotatable bonds is 3. The van der Waals surface area contributed by atoms with Crippen molar-refractivity contribution >= 4 is 28.2 Å². The van der Waals surface area contributed by atoms with Gasteiger partial charge in [-0.05, 0) is 30.7 Å². The summed E-state index contributed by atoms with van der Waals surface area (Å²) in [6, 6.07) is 7.20. The number of nitrogens with two attached hydrogens (primary N) is 1. The highest BCUT2D eigenvalue weighted by Gasteiger charge is 2.29. The van der Waals surface area contributed by atoms with E-state index in [1.54, 1.807) is 36.3 Å². The predicted octanol–water partition coefficient (Wildman–Crippen LogP) is 2.11. The number of hydrogen-bond acceptors (Lipinski definition) is 7. The summed E-state index contributed by atoms with van der Waals surface area (Å²) in [5, 5.41) is 13.4. The van der Waals surface area contributed by atoms with E-state index in [0.717, 1.165) is 16.6 Å². The average molecular weight is 338 g/mol. The van der Waals surface area contributed by atoms with Gasteiger partial charge in [0.2, 0.25) is 5.95 Å². The Labute approximate surface area is 141 Å². The van der Waals surface area contributed by atoms with Crippen molar-refractivity contribution in [3.63, 3.8) is 0 Å². The van der Waals surface area contributed by atoms with Crippen molar-refractivity contribution in [1.29, 1.82) is 0 Å². The van der Waals surface area contributed by atoms with Crippen LogP contribution in [0, 0.1) is 0 Å². The average Bonchev–Trinajstić information content (AvgIpc) is 3.24. The molecule has 0 bridgehead atoms. The topological polar surface area (TPSA) is 103 Å². The van der Waals surface area contributed by atoms with Crippen molar-refractivity contribution in [3.05, 3.63) is 58.9 Å². The number of nitrogens with zero attached hydrogens (tertiary/aromatic N) is 5. The third-order valence-electron chi connectivity index (χ3n) is 3.84. The van der Waals surface area contributed by atoms with E-state index in [1.165, 1.54) is 11.3 Å². The van der Waals surface area contributed by atoms with Gasteiger partial charge in [0, 0.05) is 17.8 Å². The molecular formula is C16H14N6OS. The Morgan fingerprint density at radius 3 is 2.79 bits per heavy atom. The Morgan fingerprint density at radius 1 is 1.17 bits per heavy atom. The van der Waals surface area contributed by atoms with Gasteiger partial charge >= 0.3 is 0 Å². The first-order valence-corrected chi connectivity index (χ1v) is 8.12. The zero-order valence-electron chi connectivity index (χ0n) is 12.8. The predicted molar refractivity (Wildman–Crippen MR) is 91.9 cm³/mol. The third kappa shape index (κ3) is 2.32. The first-order chi connectivity index (χ1) is 11.6. The summed E-state index contributed by atoms with van der Waals surface area (Å²) >= 11 is 1.41. The van der Waals surface area contributed by atoms with Crippen LogP contribution in [0.4, 0.5) is 5.82 Å². The monoisotopic (exact) mass is 338 g/mol. The van der Waals surface area contributed by atoms with Gasteiger partial charge in [-0.1, -0.05) is 6.07 Å². The van der Waals surface area contributed by atoms with Crippen molar-refractivity contribution < 1.29 is 5.11 Å². The van der Waals surface area contributed by atoms with Gasteiger partial charge in [-0.3, -0.25) is 4.57 Å². The van der Waals surface area contributed by atoms with Crippen LogP contribution in [-0.4, -0.2) is 29.6 Å². The summed E-state index contributed by atoms with van der Waals surface area (Å²) in [6.45, 7) is 1.73. The van der Waals surface area contributed by atoms with Crippen molar-refractivity contribution in [3.8, 4) is 5.95 Å². The summed E-state index contributed by atoms with van der Waals surface area (Å²) < 4.78 is 1.74. The first-order valence-electron chi connectivity index (χ1n) is 7.24. The molecule has 0 aliphatic heterocycles. The highest BCUT2D eigenvalue weighted by atomic mass is 32.1. The van der Waals surface area contributed by atoms with Crippen LogP contribution < -0.4 is 5.73 Å². The number of aliphatic hydroxyl groups is 1. The van der Waals surface area contributed by atoms with Crippen molar-refractivity contribution in [2.75, 3.05) is 5.73 Å². The SMILES string of the molecule is CC(O)(c1ccc2ncn(-c3nccc(N)n3)c2c1)c1nccs1. The maximum atomic E-state index is 10.9. The molecule has 3 aromatic heterocycles. The number of fused-ring (bicyclic) bond motifs is 1. The molecule has 1 unspecified atom stereocenters. The van der Waals surface area contributed by atoms with Crippen molar-refractivity contribution in [2.24, 2.45) is 0 Å². The zero-order valence-corrected chi connectivity index (χ0v) is 13.6. The lowest BCUT2D eigenvalue weighted by molar-refractivity contribution is 0.102. The van der Waals surface area contributed by atoms with Gasteiger partial charge in [0.1, 0.15) is 22.8 Å². The molecule has 24 heavy (non-hydrogen) atoms. The molecule has 3 N–H and O–H groups in total. The Hall–Kier alpha value is -2.84. The number of benzene rings is 1. The van der Waals surface area contributed by atoms with Gasteiger partial charge in [-0.15, -0.1) is 11.3 Å². The van der Waals surface area contributed by atoms with E-state index in [2.05, 4.69) is 19.9 Å². The summed E-state index contributed by atoms with van der Waals surface area (Å²) in [5.74, 6) is 0.816. The Kier molecular flexibility index (Phi) is 3.29. The summed E-state index contributed by atoms with van der Waals surface area (Å²) in [5.41, 5.74) is 6.84. The Bertz CT molecular complexity index is 1010. The van der Waals surface area contributed by atoms with Gasteiger partial charge in [0.15, 0.2) is 0 Å². The molecule has 0 radical (unpaired) electrons. The highest BCUT2D eigenvalue weighted by Crippen LogP contribution is 2.32. The van der Waals surface area contributed by atoms with Gasteiger partial charge in [0.05, 0.1) is 11.0 Å². The number of aromatic nitrogens is 5. The number of nitrogen functional groups attached to an aromatic ring is 1. The maximum Gasteiger partial charge on any atom is 0.237 e. The molecular weight excluding hydrogens is 324 g/mol. The lowest BCUT2D eigenvalue weighted by Crippen LogP contribution is -2.22. The molecule has 4 aromatic rings. The fourth-order valence-electron chi connectivity index (χ4n) is 2.54. The van der Waals surface area contributed by atoms with E-state index in [1.807, 2.05) is 23.6 Å². The molecule has 0 fully saturated rings. The summed E-state index contributed by atoms with van der Waals surface area (Å²) in [7, 11) is 0. The second-order valence-corrected chi connectivity index (χ2v) is 6.40. The molecule has 0 saturated heterocycles. The van der Waals surface area contributed by atoms with Crippen LogP contribution in [-0.2, 0) is 5.60 Å². The second-order valence-electron chi connectivity index (χ2n) is 5.51. The van der Waals surface area contributed by atoms with E-state index in [0.29, 0.717) is 16.8 Å². The largest absolute Gasteiger partial charge is 0.384 e. The number of imidazole rings is 1. The molecule has 0 aliphatic rings. The van der Waals surface area contributed by atoms with E-state index in [-0.39, 0.29) is 0 Å². The standard InChI is InChI=1S/C16H14N6OS/c1-16(23,14-18-6-7-24-14)10-2-3-11-12(8-10)22(9-20-11)15-19-5-4-13(17)21-15/h2-9,23H,1H3,(H2,17,19,21). The lowest BCUT2D eigenvalue weighted by Gasteiger charge is -2.21. The van der Waals surface area contributed by atoms with Crippen molar-refractivity contribution in [1.82, 2.24) is 24.5 Å². The third-order valence-corrected chi connectivity index (χ3v) is 4.82. The van der Waals surface area contributed by atoms with Crippen LogP contribution in [0.15, 0.2) is 48.4 Å². The maximum absolute atomic E-state index is 10.9. The molecule has 0 saturated carbocycles. The quantitative estimate of drug-likeness (QED) is 0.593. The van der Waals surface area contributed by atoms with E-state index in [9.17, 15) is 5.11 Å². The molecule has 7 nitrogen and oxygen atoms in total. The van der Waals surface area contributed by atoms with Gasteiger partial charge < -0.3 is 10.8 Å². The minimum atomic E-state index is -1.19. The Balaban J connectivity index is 1.88. The fraction of sp³-hybridized carbons (Fsp3) is 0.125. The molecule has 1 atom stereocenters. The summed E-state index contributed by atoms with van der Waals surface area (Å²) in [4.78, 5) is 17.0. The van der Waals surface area contributed by atoms with E-state index < -0.39 is 5.60 Å². The van der Waals surface area contributed by atoms with Crippen LogP contribution in [0.5, 0.6) is 0 Å². The first kappa shape index (κ1) is 14.7. The van der Waals surface area contributed by atoms with Crippen molar-refractivity contribution in [2.45, 2.75) is 12.5 Å². The van der Waals surface area contributed by atoms with Gasteiger partial charge in [0.25, 0.3) is 0 Å². The summed E-state index contributed by atoms with van der Waals surface area (Å²) in [6.07, 6.45) is 4.91. The molecule has 3 heterocycles. The lowest BCUT2D eigenvalue weighted by atomic mass is 9.96.